The van der Waals surface area contributed by atoms with Crippen molar-refractivity contribution in [2.24, 2.45) is 0 Å². The largest absolute Gasteiger partial charge is 0.335 e. The minimum absolute atomic E-state index is 0.0181. The van der Waals surface area contributed by atoms with E-state index >= 15 is 0 Å². The minimum atomic E-state index is -0.0181. The number of hydrogen-bond acceptors (Lipinski definition) is 1. The van der Waals surface area contributed by atoms with E-state index in [-0.39, 0.29) is 5.41 Å². The Hall–Kier alpha value is -2.35. The van der Waals surface area contributed by atoms with E-state index in [4.69, 9.17) is 4.98 Å². The zero-order valence-electron chi connectivity index (χ0n) is 24.7. The SMILES string of the molecule is CCCCCCCCCCCCC(c1nccn1CCCCC)C(C)(Cc1ccccc1)c1ccccc1. The van der Waals surface area contributed by atoms with Crippen LogP contribution in [0.3, 0.4) is 0 Å². The Balaban J connectivity index is 1.77. The Morgan fingerprint density at radius 1 is 0.684 bits per heavy atom. The summed E-state index contributed by atoms with van der Waals surface area (Å²) >= 11 is 0. The summed E-state index contributed by atoms with van der Waals surface area (Å²) in [7, 11) is 0. The summed E-state index contributed by atoms with van der Waals surface area (Å²) in [6.07, 6.45) is 24.0. The average Bonchev–Trinajstić information content (AvgIpc) is 3.41. The van der Waals surface area contributed by atoms with Gasteiger partial charge in [-0.25, -0.2) is 4.98 Å². The lowest BCUT2D eigenvalue weighted by atomic mass is 9.66. The van der Waals surface area contributed by atoms with Gasteiger partial charge in [0.05, 0.1) is 0 Å². The second kappa shape index (κ2) is 17.3. The molecule has 3 rings (SSSR count). The first-order valence-electron chi connectivity index (χ1n) is 15.8. The van der Waals surface area contributed by atoms with E-state index in [1.54, 1.807) is 0 Å². The van der Waals surface area contributed by atoms with Gasteiger partial charge >= 0.3 is 0 Å². The van der Waals surface area contributed by atoms with E-state index in [9.17, 15) is 0 Å². The van der Waals surface area contributed by atoms with Crippen LogP contribution in [-0.4, -0.2) is 9.55 Å². The molecular weight excluding hydrogens is 460 g/mol. The van der Waals surface area contributed by atoms with Gasteiger partial charge in [0.2, 0.25) is 0 Å². The number of nitrogens with zero attached hydrogens (tertiary/aromatic N) is 2. The van der Waals surface area contributed by atoms with Crippen molar-refractivity contribution in [1.29, 1.82) is 0 Å². The molecule has 1 aromatic heterocycles. The third-order valence-electron chi connectivity index (χ3n) is 8.52. The van der Waals surface area contributed by atoms with Crippen LogP contribution in [0, 0.1) is 0 Å². The predicted octanol–water partition coefficient (Wildman–Crippen LogP) is 10.7. The minimum Gasteiger partial charge on any atom is -0.335 e. The zero-order chi connectivity index (χ0) is 26.9. The Labute approximate surface area is 234 Å². The molecule has 38 heavy (non-hydrogen) atoms. The molecular formula is C36H54N2. The molecule has 0 saturated carbocycles. The van der Waals surface area contributed by atoms with Crippen LogP contribution in [0.4, 0.5) is 0 Å². The molecule has 2 unspecified atom stereocenters. The molecule has 0 fully saturated rings. The van der Waals surface area contributed by atoms with Crippen molar-refractivity contribution < 1.29 is 0 Å². The van der Waals surface area contributed by atoms with E-state index in [0.29, 0.717) is 5.92 Å². The van der Waals surface area contributed by atoms with Crippen molar-refractivity contribution in [3.05, 3.63) is 90.0 Å². The molecule has 0 spiro atoms. The quantitative estimate of drug-likeness (QED) is 0.137. The van der Waals surface area contributed by atoms with Crippen molar-refractivity contribution in [3.63, 3.8) is 0 Å². The number of rotatable bonds is 20. The molecule has 2 heteroatoms. The maximum Gasteiger partial charge on any atom is 0.112 e. The molecule has 0 amide bonds. The molecule has 2 atom stereocenters. The van der Waals surface area contributed by atoms with Gasteiger partial charge in [-0.15, -0.1) is 0 Å². The fourth-order valence-corrected chi connectivity index (χ4v) is 6.19. The van der Waals surface area contributed by atoms with Crippen LogP contribution < -0.4 is 0 Å². The van der Waals surface area contributed by atoms with Gasteiger partial charge in [0.1, 0.15) is 5.82 Å². The molecule has 0 radical (unpaired) electrons. The first-order chi connectivity index (χ1) is 18.7. The number of unbranched alkanes of at least 4 members (excludes halogenated alkanes) is 11. The summed E-state index contributed by atoms with van der Waals surface area (Å²) < 4.78 is 2.48. The Bertz CT molecular complexity index is 977. The first-order valence-corrected chi connectivity index (χ1v) is 15.8. The highest BCUT2D eigenvalue weighted by molar-refractivity contribution is 5.33. The van der Waals surface area contributed by atoms with Crippen molar-refractivity contribution in [1.82, 2.24) is 9.55 Å². The molecule has 0 aliphatic rings. The van der Waals surface area contributed by atoms with Crippen LogP contribution in [0.25, 0.3) is 0 Å². The molecule has 208 valence electrons. The number of aromatic nitrogens is 2. The second-order valence-corrected chi connectivity index (χ2v) is 11.7. The second-order valence-electron chi connectivity index (χ2n) is 11.7. The third kappa shape index (κ3) is 9.44. The van der Waals surface area contributed by atoms with Gasteiger partial charge in [0.15, 0.2) is 0 Å². The molecule has 1 heterocycles. The van der Waals surface area contributed by atoms with Crippen LogP contribution in [0.1, 0.15) is 134 Å². The lowest BCUT2D eigenvalue weighted by Crippen LogP contribution is -2.35. The van der Waals surface area contributed by atoms with Crippen LogP contribution >= 0.6 is 0 Å². The Morgan fingerprint density at radius 3 is 1.87 bits per heavy atom. The fraction of sp³-hybridized carbons (Fsp3) is 0.583. The van der Waals surface area contributed by atoms with Gasteiger partial charge in [0, 0.05) is 30.3 Å². The van der Waals surface area contributed by atoms with Crippen LogP contribution in [0.15, 0.2) is 73.1 Å². The number of imidazole rings is 1. The molecule has 2 nitrogen and oxygen atoms in total. The van der Waals surface area contributed by atoms with Gasteiger partial charge in [0.25, 0.3) is 0 Å². The monoisotopic (exact) mass is 514 g/mol. The maximum atomic E-state index is 5.06. The smallest absolute Gasteiger partial charge is 0.112 e. The van der Waals surface area contributed by atoms with E-state index in [1.165, 1.54) is 107 Å². The maximum absolute atomic E-state index is 5.06. The molecule has 0 saturated heterocycles. The third-order valence-corrected chi connectivity index (χ3v) is 8.52. The van der Waals surface area contributed by atoms with Crippen LogP contribution in [-0.2, 0) is 18.4 Å². The highest BCUT2D eigenvalue weighted by Gasteiger charge is 2.39. The Kier molecular flexibility index (Phi) is 13.7. The lowest BCUT2D eigenvalue weighted by Gasteiger charge is -2.39. The highest BCUT2D eigenvalue weighted by Crippen LogP contribution is 2.44. The van der Waals surface area contributed by atoms with Gasteiger partial charge in [-0.05, 0) is 30.4 Å². The van der Waals surface area contributed by atoms with E-state index in [0.717, 1.165) is 13.0 Å². The van der Waals surface area contributed by atoms with E-state index < -0.39 is 0 Å². The van der Waals surface area contributed by atoms with Crippen molar-refractivity contribution in [3.8, 4) is 0 Å². The average molecular weight is 515 g/mol. The number of hydrogen-bond donors (Lipinski definition) is 0. The fourth-order valence-electron chi connectivity index (χ4n) is 6.19. The van der Waals surface area contributed by atoms with Gasteiger partial charge < -0.3 is 4.57 Å². The molecule has 0 bridgehead atoms. The number of benzene rings is 2. The normalized spacial score (nSPS) is 13.9. The molecule has 3 aromatic rings. The molecule has 2 aromatic carbocycles. The summed E-state index contributed by atoms with van der Waals surface area (Å²) in [5.41, 5.74) is 2.83. The summed E-state index contributed by atoms with van der Waals surface area (Å²) in [5.74, 6) is 1.68. The van der Waals surface area contributed by atoms with Crippen molar-refractivity contribution in [2.75, 3.05) is 0 Å². The summed E-state index contributed by atoms with van der Waals surface area (Å²) in [4.78, 5) is 5.06. The van der Waals surface area contributed by atoms with Crippen molar-refractivity contribution in [2.45, 2.75) is 135 Å². The summed E-state index contributed by atoms with van der Waals surface area (Å²) in [6.45, 7) is 8.16. The van der Waals surface area contributed by atoms with E-state index in [2.05, 4.69) is 92.2 Å². The zero-order valence-corrected chi connectivity index (χ0v) is 24.7. The predicted molar refractivity (Wildman–Crippen MR) is 165 cm³/mol. The van der Waals surface area contributed by atoms with Crippen molar-refractivity contribution >= 4 is 0 Å². The molecule has 0 aliphatic carbocycles. The van der Waals surface area contributed by atoms with Crippen LogP contribution in [0.5, 0.6) is 0 Å². The molecule has 0 N–H and O–H groups in total. The molecule has 0 aliphatic heterocycles. The topological polar surface area (TPSA) is 17.8 Å². The van der Waals surface area contributed by atoms with Crippen LogP contribution in [0.2, 0.25) is 0 Å². The van der Waals surface area contributed by atoms with Gasteiger partial charge in [-0.2, -0.15) is 0 Å². The Morgan fingerprint density at radius 2 is 1.24 bits per heavy atom. The standard InChI is InChI=1S/C36H54N2/c1-4-6-8-9-10-11-12-13-14-21-27-34(35-37-28-30-38(35)29-22-7-5-2)36(3,33-25-19-16-20-26-33)31-32-23-17-15-18-24-32/h15-20,23-26,28,30,34H,4-14,21-22,27,29,31H2,1-3H3. The van der Waals surface area contributed by atoms with Gasteiger partial charge in [-0.1, -0.05) is 158 Å². The summed E-state index contributed by atoms with van der Waals surface area (Å²) in [6, 6.07) is 22.4. The first kappa shape index (κ1) is 30.2. The lowest BCUT2D eigenvalue weighted by molar-refractivity contribution is 0.321. The highest BCUT2D eigenvalue weighted by atomic mass is 15.1. The number of aryl methyl sites for hydroxylation is 1. The van der Waals surface area contributed by atoms with E-state index in [1.807, 2.05) is 6.20 Å². The van der Waals surface area contributed by atoms with Gasteiger partial charge in [-0.3, -0.25) is 0 Å². The summed E-state index contributed by atoms with van der Waals surface area (Å²) in [5, 5.41) is 0.